The summed E-state index contributed by atoms with van der Waals surface area (Å²) in [6.45, 7) is 7.34. The smallest absolute Gasteiger partial charge is 0.267 e. The number of rotatable bonds is 5. The van der Waals surface area contributed by atoms with Crippen molar-refractivity contribution in [1.82, 2.24) is 9.62 Å². The van der Waals surface area contributed by atoms with Crippen LogP contribution in [0.1, 0.15) is 39.8 Å². The maximum absolute atomic E-state index is 13.5. The first kappa shape index (κ1) is 24.1. The van der Waals surface area contributed by atoms with Gasteiger partial charge >= 0.3 is 0 Å². The molecule has 0 spiro atoms. The number of ketones is 1. The van der Waals surface area contributed by atoms with E-state index in [9.17, 15) is 18.0 Å². The highest BCUT2D eigenvalue weighted by atomic mass is 32.2. The van der Waals surface area contributed by atoms with Crippen LogP contribution in [0.3, 0.4) is 0 Å². The summed E-state index contributed by atoms with van der Waals surface area (Å²) in [5, 5.41) is 0. The van der Waals surface area contributed by atoms with Gasteiger partial charge in [-0.15, -0.1) is 0 Å². The van der Waals surface area contributed by atoms with E-state index in [1.54, 1.807) is 6.08 Å². The number of hydrogen-bond donors (Lipinski definition) is 1. The van der Waals surface area contributed by atoms with Crippen LogP contribution in [0.2, 0.25) is 0 Å². The Balaban J connectivity index is 1.67. The van der Waals surface area contributed by atoms with Crippen molar-refractivity contribution in [2.75, 3.05) is 6.54 Å². The summed E-state index contributed by atoms with van der Waals surface area (Å²) in [5.41, 5.74) is 6.83. The lowest BCUT2D eigenvalue weighted by atomic mass is 9.98. The third-order valence-electron chi connectivity index (χ3n) is 6.63. The van der Waals surface area contributed by atoms with Crippen molar-refractivity contribution in [1.29, 1.82) is 0 Å². The van der Waals surface area contributed by atoms with Gasteiger partial charge in [-0.05, 0) is 67.5 Å². The lowest BCUT2D eigenvalue weighted by molar-refractivity contribution is -0.124. The number of nitrogens with zero attached hydrogens (tertiary/aromatic N) is 1. The van der Waals surface area contributed by atoms with Gasteiger partial charge in [0, 0.05) is 19.5 Å². The van der Waals surface area contributed by atoms with Crippen LogP contribution in [0.15, 0.2) is 59.5 Å². The maximum Gasteiger partial charge on any atom is 0.267 e. The third kappa shape index (κ3) is 5.05. The summed E-state index contributed by atoms with van der Waals surface area (Å²) in [7, 11) is -4.25. The van der Waals surface area contributed by atoms with Gasteiger partial charge in [0.25, 0.3) is 15.9 Å². The molecule has 0 saturated carbocycles. The van der Waals surface area contributed by atoms with E-state index < -0.39 is 27.8 Å². The van der Waals surface area contributed by atoms with Gasteiger partial charge in [0.15, 0.2) is 5.78 Å². The summed E-state index contributed by atoms with van der Waals surface area (Å²) < 4.78 is 28.0. The molecule has 0 bridgehead atoms. The summed E-state index contributed by atoms with van der Waals surface area (Å²) in [5.74, 6) is -1.13. The first-order chi connectivity index (χ1) is 16.2. The topological polar surface area (TPSA) is 83.6 Å². The van der Waals surface area contributed by atoms with Gasteiger partial charge < -0.3 is 0 Å². The number of carbonyl (C=O) groups is 2. The molecule has 2 aromatic carbocycles. The second-order valence-electron chi connectivity index (χ2n) is 9.14. The molecule has 1 aliphatic heterocycles. The van der Waals surface area contributed by atoms with Crippen LogP contribution in [0.5, 0.6) is 0 Å². The highest BCUT2D eigenvalue weighted by molar-refractivity contribution is 7.94. The Kier molecular flexibility index (Phi) is 6.86. The number of nitrogens with one attached hydrogen (secondary N) is 1. The van der Waals surface area contributed by atoms with Crippen molar-refractivity contribution in [2.45, 2.75) is 52.6 Å². The number of carbonyl (C=O) groups excluding carboxylic acids is 2. The number of allylic oxidation sites excluding steroid dienone is 4. The summed E-state index contributed by atoms with van der Waals surface area (Å²) >= 11 is 0. The van der Waals surface area contributed by atoms with Gasteiger partial charge in [0.05, 0.1) is 6.04 Å². The summed E-state index contributed by atoms with van der Waals surface area (Å²) in [4.78, 5) is 27.3. The molecule has 0 aromatic heterocycles. The normalized spacial score (nSPS) is 18.7. The number of benzene rings is 2. The number of sulfonamides is 1. The summed E-state index contributed by atoms with van der Waals surface area (Å²) in [6, 6.07) is 11.5. The number of hydrogen-bond acceptors (Lipinski definition) is 5. The molecule has 1 heterocycles. The van der Waals surface area contributed by atoms with Crippen LogP contribution in [-0.4, -0.2) is 37.6 Å². The molecule has 7 heteroatoms. The SMILES string of the molecule is Cc1cc(C)c(CN2CCc3ccccc3CC2C(=O)NS(=O)(=O)C2=CC=CCC2=O)c(C)c1. The maximum atomic E-state index is 13.5. The van der Waals surface area contributed by atoms with E-state index in [-0.39, 0.29) is 11.3 Å². The van der Waals surface area contributed by atoms with Crippen molar-refractivity contribution in [3.63, 3.8) is 0 Å². The zero-order valence-electron chi connectivity index (χ0n) is 19.8. The standard InChI is InChI=1S/C27H30N2O4S/c1-18-14-19(2)23(20(3)15-18)17-29-13-12-21-8-4-5-9-22(21)16-24(29)27(31)28-34(32,33)26-11-7-6-10-25(26)30/h4-9,11,14-15,24H,10,12-13,16-17H2,1-3H3,(H,28,31). The van der Waals surface area contributed by atoms with Gasteiger partial charge in [0.1, 0.15) is 4.91 Å². The van der Waals surface area contributed by atoms with Crippen molar-refractivity contribution in [2.24, 2.45) is 0 Å². The predicted octanol–water partition coefficient (Wildman–Crippen LogP) is 3.44. The Morgan fingerprint density at radius 3 is 2.44 bits per heavy atom. The van der Waals surface area contributed by atoms with Crippen molar-refractivity contribution < 1.29 is 18.0 Å². The molecular formula is C27H30N2O4S. The van der Waals surface area contributed by atoms with E-state index in [4.69, 9.17) is 0 Å². The number of amides is 1. The molecule has 1 atom stereocenters. The van der Waals surface area contributed by atoms with Gasteiger partial charge in [-0.3, -0.25) is 14.5 Å². The van der Waals surface area contributed by atoms with E-state index in [1.165, 1.54) is 23.3 Å². The molecule has 178 valence electrons. The molecule has 2 aromatic rings. The van der Waals surface area contributed by atoms with E-state index in [0.717, 1.165) is 28.7 Å². The zero-order chi connectivity index (χ0) is 24.5. The van der Waals surface area contributed by atoms with Crippen LogP contribution in [0.4, 0.5) is 0 Å². The molecule has 4 rings (SSSR count). The number of fused-ring (bicyclic) bond motifs is 1. The fourth-order valence-electron chi connectivity index (χ4n) is 4.89. The average Bonchev–Trinajstić information content (AvgIpc) is 2.95. The molecule has 1 aliphatic carbocycles. The van der Waals surface area contributed by atoms with Crippen LogP contribution in [0.25, 0.3) is 0 Å². The summed E-state index contributed by atoms with van der Waals surface area (Å²) in [6.07, 6.45) is 5.55. The van der Waals surface area contributed by atoms with Crippen molar-refractivity contribution in [3.05, 3.63) is 92.9 Å². The second-order valence-corrected chi connectivity index (χ2v) is 10.8. The molecule has 1 N–H and O–H groups in total. The highest BCUT2D eigenvalue weighted by Crippen LogP contribution is 2.25. The minimum Gasteiger partial charge on any atom is -0.293 e. The minimum atomic E-state index is -4.25. The molecule has 1 unspecified atom stereocenters. The molecule has 0 radical (unpaired) electrons. The first-order valence-corrected chi connectivity index (χ1v) is 13.0. The molecule has 34 heavy (non-hydrogen) atoms. The van der Waals surface area contributed by atoms with E-state index in [1.807, 2.05) is 18.2 Å². The molecule has 0 saturated heterocycles. The molecule has 2 aliphatic rings. The first-order valence-electron chi connectivity index (χ1n) is 11.5. The lowest BCUT2D eigenvalue weighted by Crippen LogP contribution is -2.50. The van der Waals surface area contributed by atoms with Crippen molar-refractivity contribution >= 4 is 21.7 Å². The Hall–Kier alpha value is -3.03. The largest absolute Gasteiger partial charge is 0.293 e. The van der Waals surface area contributed by atoms with E-state index in [2.05, 4.69) is 48.6 Å². The quantitative estimate of drug-likeness (QED) is 0.712. The molecule has 1 amide bonds. The van der Waals surface area contributed by atoms with Crippen LogP contribution in [-0.2, 0) is 39.0 Å². The zero-order valence-corrected chi connectivity index (χ0v) is 20.6. The fraction of sp³-hybridized carbons (Fsp3) is 0.333. The van der Waals surface area contributed by atoms with Crippen LogP contribution >= 0.6 is 0 Å². The molecule has 0 fully saturated rings. The van der Waals surface area contributed by atoms with Crippen LogP contribution < -0.4 is 4.72 Å². The minimum absolute atomic E-state index is 0.00976. The van der Waals surface area contributed by atoms with Gasteiger partial charge in [-0.2, -0.15) is 0 Å². The number of aryl methyl sites for hydroxylation is 3. The third-order valence-corrected chi connectivity index (χ3v) is 8.04. The number of Topliss-reactive ketones (excluding diaryl/α,β-unsaturated/α-hetero) is 1. The Labute approximate surface area is 201 Å². The molecule has 6 nitrogen and oxygen atoms in total. The highest BCUT2D eigenvalue weighted by Gasteiger charge is 2.34. The van der Waals surface area contributed by atoms with Gasteiger partial charge in [-0.25, -0.2) is 13.1 Å². The van der Waals surface area contributed by atoms with Crippen LogP contribution in [0, 0.1) is 20.8 Å². The fourth-order valence-corrected chi connectivity index (χ4v) is 6.04. The van der Waals surface area contributed by atoms with E-state index >= 15 is 0 Å². The Bertz CT molecular complexity index is 1280. The monoisotopic (exact) mass is 478 g/mol. The van der Waals surface area contributed by atoms with E-state index in [0.29, 0.717) is 19.5 Å². The lowest BCUT2D eigenvalue weighted by Gasteiger charge is -2.30. The molecular weight excluding hydrogens is 448 g/mol. The Morgan fingerprint density at radius 1 is 1.09 bits per heavy atom. The van der Waals surface area contributed by atoms with Gasteiger partial charge in [0.2, 0.25) is 0 Å². The van der Waals surface area contributed by atoms with Crippen molar-refractivity contribution in [3.8, 4) is 0 Å². The predicted molar refractivity (Wildman–Crippen MR) is 133 cm³/mol. The average molecular weight is 479 g/mol. The Morgan fingerprint density at radius 2 is 1.76 bits per heavy atom. The van der Waals surface area contributed by atoms with Gasteiger partial charge in [-0.1, -0.05) is 54.1 Å². The second kappa shape index (κ2) is 9.68.